The molecule has 0 amide bonds. The van der Waals surface area contributed by atoms with Gasteiger partial charge in [-0.2, -0.15) is 4.98 Å². The Morgan fingerprint density at radius 1 is 1.14 bits per heavy atom. The van der Waals surface area contributed by atoms with Gasteiger partial charge in [0.15, 0.2) is 11.5 Å². The lowest BCUT2D eigenvalue weighted by Gasteiger charge is -2.09. The third-order valence-electron chi connectivity index (χ3n) is 2.79. The molecule has 3 rings (SSSR count). The largest absolute Gasteiger partial charge is 0.476 e. The predicted molar refractivity (Wildman–Crippen MR) is 82.2 cm³/mol. The smallest absolute Gasteiger partial charge is 0.244 e. The molecular formula is C15H14N4OS. The number of rotatable bonds is 5. The van der Waals surface area contributed by atoms with Crippen LogP contribution in [0, 0.1) is 0 Å². The lowest BCUT2D eigenvalue weighted by atomic mass is 10.2. The molecule has 3 aromatic rings. The van der Waals surface area contributed by atoms with Crippen LogP contribution in [-0.2, 0) is 0 Å². The van der Waals surface area contributed by atoms with Gasteiger partial charge in [-0.3, -0.25) is 4.98 Å². The van der Waals surface area contributed by atoms with Gasteiger partial charge in [-0.05, 0) is 30.0 Å². The van der Waals surface area contributed by atoms with Gasteiger partial charge in [0.2, 0.25) is 5.88 Å². The molecule has 0 saturated heterocycles. The molecule has 6 heteroatoms. The summed E-state index contributed by atoms with van der Waals surface area (Å²) >= 11 is 1.58. The van der Waals surface area contributed by atoms with Gasteiger partial charge < -0.3 is 4.74 Å². The number of pyridine rings is 1. The Kier molecular flexibility index (Phi) is 4.16. The van der Waals surface area contributed by atoms with Crippen molar-refractivity contribution in [3.8, 4) is 27.8 Å². The molecule has 106 valence electrons. The van der Waals surface area contributed by atoms with Crippen LogP contribution in [0.4, 0.5) is 0 Å². The van der Waals surface area contributed by atoms with Crippen LogP contribution in [0.3, 0.4) is 0 Å². The lowest BCUT2D eigenvalue weighted by molar-refractivity contribution is 0.305. The Morgan fingerprint density at radius 2 is 2.00 bits per heavy atom. The van der Waals surface area contributed by atoms with Gasteiger partial charge in [0.05, 0.1) is 11.5 Å². The standard InChI is InChI=1S/C15H14N4OS/c1-2-9-20-15-13(11-5-7-16-8-6-11)18-19-14(17-15)12-4-3-10-21-12/h3-8,10H,2,9H2,1H3. The summed E-state index contributed by atoms with van der Waals surface area (Å²) in [7, 11) is 0. The summed E-state index contributed by atoms with van der Waals surface area (Å²) in [5.74, 6) is 1.11. The minimum absolute atomic E-state index is 0.515. The van der Waals surface area contributed by atoms with E-state index in [1.165, 1.54) is 0 Å². The average molecular weight is 298 g/mol. The third-order valence-corrected chi connectivity index (χ3v) is 3.66. The monoisotopic (exact) mass is 298 g/mol. The molecule has 21 heavy (non-hydrogen) atoms. The Morgan fingerprint density at radius 3 is 2.71 bits per heavy atom. The highest BCUT2D eigenvalue weighted by atomic mass is 32.1. The summed E-state index contributed by atoms with van der Waals surface area (Å²) < 4.78 is 5.75. The number of thiophene rings is 1. The highest BCUT2D eigenvalue weighted by molar-refractivity contribution is 7.13. The summed E-state index contributed by atoms with van der Waals surface area (Å²) in [6, 6.07) is 7.68. The quantitative estimate of drug-likeness (QED) is 0.722. The predicted octanol–water partition coefficient (Wildman–Crippen LogP) is 3.45. The Labute approximate surface area is 126 Å². The van der Waals surface area contributed by atoms with E-state index in [1.807, 2.05) is 29.6 Å². The first-order valence-electron chi connectivity index (χ1n) is 6.70. The fourth-order valence-electron chi connectivity index (χ4n) is 1.81. The molecule has 0 fully saturated rings. The second-order valence-electron chi connectivity index (χ2n) is 4.35. The van der Waals surface area contributed by atoms with E-state index in [0.717, 1.165) is 16.9 Å². The van der Waals surface area contributed by atoms with Gasteiger partial charge in [-0.25, -0.2) is 0 Å². The van der Waals surface area contributed by atoms with Crippen molar-refractivity contribution in [2.24, 2.45) is 0 Å². The van der Waals surface area contributed by atoms with Crippen molar-refractivity contribution in [2.45, 2.75) is 13.3 Å². The number of ether oxygens (including phenoxy) is 1. The Bertz CT molecular complexity index is 701. The maximum atomic E-state index is 5.75. The first-order chi connectivity index (χ1) is 10.4. The van der Waals surface area contributed by atoms with E-state index in [4.69, 9.17) is 4.74 Å². The molecule has 3 aromatic heterocycles. The molecule has 0 aliphatic carbocycles. The Hall–Kier alpha value is -2.34. The van der Waals surface area contributed by atoms with E-state index in [2.05, 4.69) is 27.1 Å². The zero-order valence-electron chi connectivity index (χ0n) is 11.6. The van der Waals surface area contributed by atoms with Crippen molar-refractivity contribution in [1.29, 1.82) is 0 Å². The molecule has 5 nitrogen and oxygen atoms in total. The minimum atomic E-state index is 0.515. The van der Waals surface area contributed by atoms with Crippen LogP contribution in [0.15, 0.2) is 42.0 Å². The van der Waals surface area contributed by atoms with Crippen LogP contribution in [0.5, 0.6) is 5.88 Å². The van der Waals surface area contributed by atoms with Gasteiger partial charge >= 0.3 is 0 Å². The molecule has 0 radical (unpaired) electrons. The number of nitrogens with zero attached hydrogens (tertiary/aromatic N) is 4. The van der Waals surface area contributed by atoms with Crippen LogP contribution in [0.1, 0.15) is 13.3 Å². The van der Waals surface area contributed by atoms with Gasteiger partial charge in [-0.1, -0.05) is 13.0 Å². The van der Waals surface area contributed by atoms with Gasteiger partial charge in [0.25, 0.3) is 0 Å². The maximum absolute atomic E-state index is 5.75. The van der Waals surface area contributed by atoms with E-state index in [0.29, 0.717) is 24.0 Å². The van der Waals surface area contributed by atoms with Crippen molar-refractivity contribution in [1.82, 2.24) is 20.2 Å². The normalized spacial score (nSPS) is 10.5. The fourth-order valence-corrected chi connectivity index (χ4v) is 2.46. The highest BCUT2D eigenvalue weighted by Crippen LogP contribution is 2.28. The van der Waals surface area contributed by atoms with Crippen molar-refractivity contribution in [3.63, 3.8) is 0 Å². The second-order valence-corrected chi connectivity index (χ2v) is 5.30. The van der Waals surface area contributed by atoms with E-state index < -0.39 is 0 Å². The summed E-state index contributed by atoms with van der Waals surface area (Å²) in [5.41, 5.74) is 1.54. The van der Waals surface area contributed by atoms with E-state index in [9.17, 15) is 0 Å². The van der Waals surface area contributed by atoms with Crippen LogP contribution in [0.25, 0.3) is 22.0 Å². The van der Waals surface area contributed by atoms with Crippen LogP contribution < -0.4 is 4.74 Å². The Balaban J connectivity index is 2.03. The van der Waals surface area contributed by atoms with Crippen LogP contribution >= 0.6 is 11.3 Å². The maximum Gasteiger partial charge on any atom is 0.244 e. The van der Waals surface area contributed by atoms with E-state index in [-0.39, 0.29) is 0 Å². The summed E-state index contributed by atoms with van der Waals surface area (Å²) in [6.45, 7) is 2.65. The first kappa shape index (κ1) is 13.6. The number of hydrogen-bond acceptors (Lipinski definition) is 6. The molecule has 0 aromatic carbocycles. The van der Waals surface area contributed by atoms with Gasteiger partial charge in [0, 0.05) is 18.0 Å². The van der Waals surface area contributed by atoms with Crippen molar-refractivity contribution in [2.75, 3.05) is 6.61 Å². The third kappa shape index (κ3) is 3.05. The molecule has 0 spiro atoms. The molecule has 0 saturated carbocycles. The SMILES string of the molecule is CCCOc1nc(-c2cccs2)nnc1-c1ccncc1. The van der Waals surface area contributed by atoms with Crippen molar-refractivity contribution >= 4 is 11.3 Å². The average Bonchev–Trinajstić information content (AvgIpc) is 3.08. The molecular weight excluding hydrogens is 284 g/mol. The summed E-state index contributed by atoms with van der Waals surface area (Å²) in [5, 5.41) is 10.5. The molecule has 0 N–H and O–H groups in total. The summed E-state index contributed by atoms with van der Waals surface area (Å²) in [4.78, 5) is 9.51. The molecule has 0 bridgehead atoms. The topological polar surface area (TPSA) is 60.8 Å². The molecule has 0 aliphatic rings. The first-order valence-corrected chi connectivity index (χ1v) is 7.58. The molecule has 0 aliphatic heterocycles. The van der Waals surface area contributed by atoms with Gasteiger partial charge in [-0.15, -0.1) is 21.5 Å². The van der Waals surface area contributed by atoms with E-state index >= 15 is 0 Å². The summed E-state index contributed by atoms with van der Waals surface area (Å²) in [6.07, 6.45) is 4.34. The second kappa shape index (κ2) is 6.41. The van der Waals surface area contributed by atoms with Crippen molar-refractivity contribution < 1.29 is 4.74 Å². The number of hydrogen-bond donors (Lipinski definition) is 0. The zero-order valence-corrected chi connectivity index (χ0v) is 12.4. The molecule has 0 atom stereocenters. The molecule has 0 unspecified atom stereocenters. The van der Waals surface area contributed by atoms with Crippen LogP contribution in [0.2, 0.25) is 0 Å². The fraction of sp³-hybridized carbons (Fsp3) is 0.200. The van der Waals surface area contributed by atoms with Crippen LogP contribution in [-0.4, -0.2) is 26.8 Å². The minimum Gasteiger partial charge on any atom is -0.476 e. The van der Waals surface area contributed by atoms with E-state index in [1.54, 1.807) is 23.7 Å². The van der Waals surface area contributed by atoms with Crippen molar-refractivity contribution in [3.05, 3.63) is 42.0 Å². The zero-order chi connectivity index (χ0) is 14.5. The lowest BCUT2D eigenvalue weighted by Crippen LogP contribution is -2.04. The van der Waals surface area contributed by atoms with Gasteiger partial charge in [0.1, 0.15) is 0 Å². The number of aromatic nitrogens is 4. The highest BCUT2D eigenvalue weighted by Gasteiger charge is 2.14. The molecule has 3 heterocycles.